The van der Waals surface area contributed by atoms with Crippen LogP contribution in [0, 0.1) is 12.8 Å². The molecule has 1 atom stereocenters. The molecular weight excluding hydrogens is 304 g/mol. The fraction of sp³-hybridized carbons (Fsp3) is 0.261. The van der Waals surface area contributed by atoms with E-state index in [-0.39, 0.29) is 0 Å². The van der Waals surface area contributed by atoms with Crippen LogP contribution < -0.4 is 5.43 Å². The Hall–Kier alpha value is -2.61. The maximum atomic E-state index is 4.48. The molecule has 0 spiro atoms. The molecular formula is C23H26N2. The number of aryl methyl sites for hydroxylation is 1. The maximum absolute atomic E-state index is 4.48. The zero-order valence-electron chi connectivity index (χ0n) is 15.7. The summed E-state index contributed by atoms with van der Waals surface area (Å²) < 4.78 is 0. The summed E-state index contributed by atoms with van der Waals surface area (Å²) in [5.74, 6) is 0.457. The quantitative estimate of drug-likeness (QED) is 0.524. The van der Waals surface area contributed by atoms with E-state index in [0.29, 0.717) is 5.92 Å². The number of para-hydroxylation sites is 1. The average molecular weight is 330 g/mol. The first kappa shape index (κ1) is 17.2. The van der Waals surface area contributed by atoms with E-state index in [4.69, 9.17) is 0 Å². The van der Waals surface area contributed by atoms with Gasteiger partial charge in [-0.1, -0.05) is 55.0 Å². The van der Waals surface area contributed by atoms with Crippen molar-refractivity contribution in [2.75, 3.05) is 5.43 Å². The Morgan fingerprint density at radius 3 is 2.24 bits per heavy atom. The van der Waals surface area contributed by atoms with Crippen molar-refractivity contribution in [1.82, 2.24) is 0 Å². The van der Waals surface area contributed by atoms with E-state index in [1.165, 1.54) is 33.4 Å². The molecule has 0 saturated heterocycles. The fourth-order valence-electron chi connectivity index (χ4n) is 3.52. The molecule has 0 amide bonds. The third-order valence-corrected chi connectivity index (χ3v) is 5.43. The van der Waals surface area contributed by atoms with Gasteiger partial charge in [0.2, 0.25) is 0 Å². The maximum Gasteiger partial charge on any atom is 0.0590 e. The van der Waals surface area contributed by atoms with Crippen LogP contribution in [-0.2, 0) is 0 Å². The first-order chi connectivity index (χ1) is 12.0. The Labute approximate surface area is 151 Å². The minimum Gasteiger partial charge on any atom is -0.278 e. The molecule has 0 radical (unpaired) electrons. The molecule has 1 unspecified atom stereocenters. The van der Waals surface area contributed by atoms with Gasteiger partial charge < -0.3 is 0 Å². The molecule has 2 aromatic carbocycles. The molecule has 0 fully saturated rings. The van der Waals surface area contributed by atoms with Crippen molar-refractivity contribution in [3.05, 3.63) is 81.9 Å². The SMILES string of the molecule is CC1=C(C)C(C)C(c2ccccc2C=NNc2ccccc2C)=C1C. The minimum absolute atomic E-state index is 0.457. The summed E-state index contributed by atoms with van der Waals surface area (Å²) in [7, 11) is 0. The Bertz CT molecular complexity index is 884. The van der Waals surface area contributed by atoms with Gasteiger partial charge in [0.1, 0.15) is 0 Å². The lowest BCUT2D eigenvalue weighted by Gasteiger charge is -2.15. The highest BCUT2D eigenvalue weighted by atomic mass is 15.3. The summed E-state index contributed by atoms with van der Waals surface area (Å²) in [6.45, 7) is 11.1. The van der Waals surface area contributed by atoms with E-state index in [9.17, 15) is 0 Å². The average Bonchev–Trinajstić information content (AvgIpc) is 2.81. The number of allylic oxidation sites excluding steroid dienone is 4. The van der Waals surface area contributed by atoms with Crippen LogP contribution in [0.15, 0.2) is 70.4 Å². The lowest BCUT2D eigenvalue weighted by atomic mass is 9.89. The number of nitrogens with zero attached hydrogens (tertiary/aromatic N) is 1. The monoisotopic (exact) mass is 330 g/mol. The zero-order valence-corrected chi connectivity index (χ0v) is 15.7. The number of nitrogens with one attached hydrogen (secondary N) is 1. The van der Waals surface area contributed by atoms with Crippen LogP contribution >= 0.6 is 0 Å². The van der Waals surface area contributed by atoms with Gasteiger partial charge in [-0.2, -0.15) is 5.10 Å². The molecule has 0 aromatic heterocycles. The van der Waals surface area contributed by atoms with Crippen molar-refractivity contribution in [1.29, 1.82) is 0 Å². The summed E-state index contributed by atoms with van der Waals surface area (Å²) >= 11 is 0. The molecule has 3 rings (SSSR count). The van der Waals surface area contributed by atoms with E-state index >= 15 is 0 Å². The van der Waals surface area contributed by atoms with Gasteiger partial charge in [-0.25, -0.2) is 0 Å². The van der Waals surface area contributed by atoms with Gasteiger partial charge in [0.15, 0.2) is 0 Å². The molecule has 1 aliphatic rings. The minimum atomic E-state index is 0.457. The smallest absolute Gasteiger partial charge is 0.0590 e. The van der Waals surface area contributed by atoms with Gasteiger partial charge in [-0.05, 0) is 61.6 Å². The molecule has 0 bridgehead atoms. The van der Waals surface area contributed by atoms with E-state index in [2.05, 4.69) is 75.5 Å². The molecule has 2 nitrogen and oxygen atoms in total. The first-order valence-electron chi connectivity index (χ1n) is 8.83. The van der Waals surface area contributed by atoms with Gasteiger partial charge in [0, 0.05) is 11.5 Å². The van der Waals surface area contributed by atoms with Gasteiger partial charge in [-0.3, -0.25) is 5.43 Å². The number of hydrogen-bond donors (Lipinski definition) is 1. The molecule has 1 N–H and O–H groups in total. The molecule has 1 aliphatic carbocycles. The van der Waals surface area contributed by atoms with E-state index in [0.717, 1.165) is 11.3 Å². The van der Waals surface area contributed by atoms with Crippen molar-refractivity contribution in [2.24, 2.45) is 11.0 Å². The topological polar surface area (TPSA) is 24.4 Å². The summed E-state index contributed by atoms with van der Waals surface area (Å²) in [6, 6.07) is 16.7. The highest BCUT2D eigenvalue weighted by molar-refractivity contribution is 5.92. The predicted molar refractivity (Wildman–Crippen MR) is 109 cm³/mol. The van der Waals surface area contributed by atoms with Crippen molar-refractivity contribution in [3.63, 3.8) is 0 Å². The molecule has 0 aliphatic heterocycles. The summed E-state index contributed by atoms with van der Waals surface area (Å²) in [5, 5.41) is 4.48. The standard InChI is InChI=1S/C23H26N2/c1-15-10-6-9-13-22(15)25-24-14-20-11-7-8-12-21(20)23-18(4)16(2)17(3)19(23)5/h6-14,18,25H,1-5H3. The van der Waals surface area contributed by atoms with Crippen LogP contribution in [0.3, 0.4) is 0 Å². The Balaban J connectivity index is 1.91. The molecule has 0 heterocycles. The third kappa shape index (κ3) is 3.30. The number of hydrogen-bond acceptors (Lipinski definition) is 2. The molecule has 2 heteroatoms. The van der Waals surface area contributed by atoms with Crippen LogP contribution in [0.5, 0.6) is 0 Å². The largest absolute Gasteiger partial charge is 0.278 e. The second kappa shape index (κ2) is 7.10. The van der Waals surface area contributed by atoms with Gasteiger partial charge in [0.05, 0.1) is 11.9 Å². The summed E-state index contributed by atoms with van der Waals surface area (Å²) in [5.41, 5.74) is 13.5. The van der Waals surface area contributed by atoms with Gasteiger partial charge >= 0.3 is 0 Å². The number of anilines is 1. The molecule has 2 aromatic rings. The van der Waals surface area contributed by atoms with E-state index < -0.39 is 0 Å². The van der Waals surface area contributed by atoms with Crippen LogP contribution in [0.1, 0.15) is 44.4 Å². The van der Waals surface area contributed by atoms with Crippen molar-refractivity contribution in [3.8, 4) is 0 Å². The Morgan fingerprint density at radius 1 is 0.880 bits per heavy atom. The first-order valence-corrected chi connectivity index (χ1v) is 8.83. The highest BCUT2D eigenvalue weighted by Gasteiger charge is 2.25. The van der Waals surface area contributed by atoms with E-state index in [1.54, 1.807) is 0 Å². The lowest BCUT2D eigenvalue weighted by molar-refractivity contribution is 0.895. The third-order valence-electron chi connectivity index (χ3n) is 5.43. The normalized spacial score (nSPS) is 17.7. The molecule has 128 valence electrons. The van der Waals surface area contributed by atoms with Crippen LogP contribution in [0.4, 0.5) is 5.69 Å². The lowest BCUT2D eigenvalue weighted by Crippen LogP contribution is -2.01. The second-order valence-corrected chi connectivity index (χ2v) is 6.84. The number of hydrazone groups is 1. The highest BCUT2D eigenvalue weighted by Crippen LogP contribution is 2.42. The molecule has 25 heavy (non-hydrogen) atoms. The fourth-order valence-corrected chi connectivity index (χ4v) is 3.52. The van der Waals surface area contributed by atoms with E-state index in [1.807, 2.05) is 24.4 Å². The summed E-state index contributed by atoms with van der Waals surface area (Å²) in [6.07, 6.45) is 1.93. The zero-order chi connectivity index (χ0) is 18.0. The van der Waals surface area contributed by atoms with Crippen molar-refractivity contribution in [2.45, 2.75) is 34.6 Å². The Morgan fingerprint density at radius 2 is 1.56 bits per heavy atom. The van der Waals surface area contributed by atoms with Crippen LogP contribution in [0.2, 0.25) is 0 Å². The number of benzene rings is 2. The van der Waals surface area contributed by atoms with Crippen molar-refractivity contribution < 1.29 is 0 Å². The Kier molecular flexibility index (Phi) is 4.89. The van der Waals surface area contributed by atoms with Crippen molar-refractivity contribution >= 4 is 17.5 Å². The second-order valence-electron chi connectivity index (χ2n) is 6.84. The predicted octanol–water partition coefficient (Wildman–Crippen LogP) is 6.20. The van der Waals surface area contributed by atoms with Crippen LogP contribution in [-0.4, -0.2) is 6.21 Å². The number of rotatable bonds is 4. The summed E-state index contributed by atoms with van der Waals surface area (Å²) in [4.78, 5) is 0. The van der Waals surface area contributed by atoms with Gasteiger partial charge in [-0.15, -0.1) is 0 Å². The van der Waals surface area contributed by atoms with Gasteiger partial charge in [0.25, 0.3) is 0 Å². The molecule has 0 saturated carbocycles. The van der Waals surface area contributed by atoms with Crippen LogP contribution in [0.25, 0.3) is 5.57 Å².